The SMILES string of the molecule is [2H]c1c([2H])c([2H])c(-c2cc(N3[CH-]N(c4c(/C5=C/C=C\N/C=C\C=C/[B]5)cc(C(C)(C)C)cc4/C4=C/C=C\N/C=C\C=C/[B]4)c4ccccc43)[c-]c(Oc3[c-]c4c(cc3)c3cc(C(C)(C)C)ccc3n4-c3nc4ccccc4n3C([2H])([2H])[2H])n2)c([2H])c1[2H].[Pt]. The van der Waals surface area contributed by atoms with Crippen LogP contribution in [0.2, 0.25) is 0 Å². The topological polar surface area (TPSA) is 75.4 Å². The number of hydrogen-bond donors (Lipinski definition) is 2. The molecule has 0 aliphatic carbocycles. The molecule has 6 heterocycles. The molecule has 2 N–H and O–H groups in total. The summed E-state index contributed by atoms with van der Waals surface area (Å²) >= 11 is 0. The Morgan fingerprint density at radius 2 is 1.29 bits per heavy atom. The number of hydrogen-bond acceptors (Lipinski definition) is 7. The van der Waals surface area contributed by atoms with Crippen LogP contribution in [0.25, 0.3) is 61.0 Å². The van der Waals surface area contributed by atoms with Crippen LogP contribution in [0.1, 0.15) is 74.8 Å². The third kappa shape index (κ3) is 10.6. The van der Waals surface area contributed by atoms with E-state index in [1.54, 1.807) is 34.9 Å². The van der Waals surface area contributed by atoms with Crippen molar-refractivity contribution in [3.05, 3.63) is 254 Å². The zero-order chi connectivity index (χ0) is 61.1. The van der Waals surface area contributed by atoms with Crippen molar-refractivity contribution in [3.63, 3.8) is 0 Å². The molecule has 3 aromatic heterocycles. The standard InChI is InChI=1S/C68H59B2N8O.Pt/c1-67(2,3)47-29-32-59-52(39-47)51-31-30-50(44-63(51)78(59)66-74-57-25-11-12-26-60(57)75(66)7)79-64-43-49(42-58(73-64)46-21-9-8-10-22-46)76-45-77(62-28-14-13-27-61(62)76)65-53(55-23-19-37-71-35-17-15-33-69-55)40-48(68(4,5)6)41-54(65)56-24-20-38-72-36-18-16-34-70-56;/h8-42,45,71-72H,1-7H3;/q-3;/b33-15-,34-16-,35-17-,36-18-,37-19-,38-20-,55-23-,56-24-;/i7D3,8D,9D,10D,21D,22D;. The fraction of sp³-hybridized carbons (Fsp3) is 0.132. The van der Waals surface area contributed by atoms with Crippen molar-refractivity contribution in [1.82, 2.24) is 29.7 Å². The summed E-state index contributed by atoms with van der Waals surface area (Å²) in [4.78, 5) is 14.0. The van der Waals surface area contributed by atoms with Crippen molar-refractivity contribution >= 4 is 81.1 Å². The number of rotatable bonds is 8. The molecule has 0 bridgehead atoms. The molecule has 0 saturated carbocycles. The Balaban J connectivity index is 0.00000800. The molecule has 0 saturated heterocycles. The molecule has 12 rings (SSSR count). The van der Waals surface area contributed by atoms with Gasteiger partial charge >= 0.3 is 0 Å². The van der Waals surface area contributed by atoms with E-state index < -0.39 is 37.2 Å². The van der Waals surface area contributed by atoms with Crippen LogP contribution in [0.15, 0.2) is 213 Å². The number of allylic oxidation sites excluding steroid dienone is 8. The second kappa shape index (κ2) is 22.3. The van der Waals surface area contributed by atoms with Gasteiger partial charge in [0.1, 0.15) is 5.88 Å². The molecule has 396 valence electrons. The van der Waals surface area contributed by atoms with Crippen LogP contribution in [0.5, 0.6) is 11.6 Å². The minimum absolute atomic E-state index is 0. The maximum absolute atomic E-state index is 9.22. The summed E-state index contributed by atoms with van der Waals surface area (Å²) in [6.07, 6.45) is 23.4. The van der Waals surface area contributed by atoms with Gasteiger partial charge in [-0.2, -0.15) is 23.9 Å². The Morgan fingerprint density at radius 3 is 1.96 bits per heavy atom. The van der Waals surface area contributed by atoms with Gasteiger partial charge in [-0.3, -0.25) is 4.98 Å². The summed E-state index contributed by atoms with van der Waals surface area (Å²) in [6.45, 7) is 12.4. The number of aryl methyl sites for hydroxylation is 1. The second-order valence-electron chi connectivity index (χ2n) is 21.3. The molecule has 0 fully saturated rings. The van der Waals surface area contributed by atoms with Crippen molar-refractivity contribution in [3.8, 4) is 28.8 Å². The number of imidazole rings is 1. The zero-order valence-corrected chi connectivity index (χ0v) is 47.2. The Labute approximate surface area is 496 Å². The average molecular weight is 1230 g/mol. The van der Waals surface area contributed by atoms with Gasteiger partial charge in [0.25, 0.3) is 0 Å². The first-order chi connectivity index (χ1) is 41.7. The molecule has 80 heavy (non-hydrogen) atoms. The minimum atomic E-state index is -2.63. The van der Waals surface area contributed by atoms with Crippen molar-refractivity contribution in [2.75, 3.05) is 9.80 Å². The number of para-hydroxylation sites is 4. The number of nitrogens with zero attached hydrogens (tertiary/aromatic N) is 6. The molecular formula is C68H59B2N8OPt-3. The van der Waals surface area contributed by atoms with E-state index in [-0.39, 0.29) is 60.7 Å². The molecule has 9 aromatic rings. The number of ether oxygens (including phenoxy) is 1. The summed E-state index contributed by atoms with van der Waals surface area (Å²) in [5.41, 5.74) is 10.1. The van der Waals surface area contributed by atoms with Gasteiger partial charge < -0.3 is 34.3 Å². The first-order valence-electron chi connectivity index (χ1n) is 30.2. The predicted molar refractivity (Wildman–Crippen MR) is 330 cm³/mol. The van der Waals surface area contributed by atoms with Crippen molar-refractivity contribution in [2.45, 2.75) is 52.4 Å². The molecule has 9 nitrogen and oxygen atoms in total. The van der Waals surface area contributed by atoms with Crippen LogP contribution in [-0.2, 0) is 38.9 Å². The number of benzene rings is 6. The van der Waals surface area contributed by atoms with E-state index in [9.17, 15) is 2.74 Å². The van der Waals surface area contributed by atoms with Gasteiger partial charge in [0.15, 0.2) is 14.6 Å². The molecular weight excluding hydrogens is 1160 g/mol. The summed E-state index contributed by atoms with van der Waals surface area (Å²) in [6, 6.07) is 35.5. The van der Waals surface area contributed by atoms with Gasteiger partial charge in [-0.25, -0.2) is 4.98 Å². The number of pyridine rings is 1. The van der Waals surface area contributed by atoms with Gasteiger partial charge in [0.2, 0.25) is 5.95 Å². The number of nitrogens with one attached hydrogen (secondary N) is 2. The molecule has 0 amide bonds. The number of anilines is 4. The molecule has 0 unspecified atom stereocenters. The second-order valence-corrected chi connectivity index (χ2v) is 21.3. The van der Waals surface area contributed by atoms with Gasteiger partial charge in [-0.15, -0.1) is 36.1 Å². The van der Waals surface area contributed by atoms with E-state index in [1.807, 2.05) is 133 Å². The molecule has 3 aliphatic heterocycles. The Bertz CT molecular complexity index is 4420. The zero-order valence-electron chi connectivity index (χ0n) is 53.0. The van der Waals surface area contributed by atoms with E-state index in [0.717, 1.165) is 61.0 Å². The van der Waals surface area contributed by atoms with Gasteiger partial charge in [0.05, 0.1) is 17.9 Å². The van der Waals surface area contributed by atoms with E-state index in [1.165, 1.54) is 4.57 Å². The van der Waals surface area contributed by atoms with Gasteiger partial charge in [-0.05, 0) is 116 Å². The maximum atomic E-state index is 9.22. The van der Waals surface area contributed by atoms with Crippen molar-refractivity contribution in [2.24, 2.45) is 6.98 Å². The van der Waals surface area contributed by atoms with E-state index in [0.29, 0.717) is 27.8 Å². The Hall–Kier alpha value is -8.52. The van der Waals surface area contributed by atoms with Crippen LogP contribution >= 0.6 is 0 Å². The Morgan fingerprint density at radius 1 is 0.637 bits per heavy atom. The first-order valence-corrected chi connectivity index (χ1v) is 26.2. The monoisotopic (exact) mass is 1230 g/mol. The van der Waals surface area contributed by atoms with Gasteiger partial charge in [0, 0.05) is 85.3 Å². The Kier molecular flexibility index (Phi) is 12.4. The van der Waals surface area contributed by atoms with Crippen LogP contribution in [0, 0.1) is 18.8 Å². The van der Waals surface area contributed by atoms with Crippen LogP contribution in [0.3, 0.4) is 0 Å². The number of fused-ring (bicyclic) bond motifs is 5. The summed E-state index contributed by atoms with van der Waals surface area (Å²) < 4.78 is 80.8. The molecule has 0 spiro atoms. The predicted octanol–water partition coefficient (Wildman–Crippen LogP) is 15.5. The van der Waals surface area contributed by atoms with Crippen molar-refractivity contribution < 1.29 is 36.8 Å². The molecule has 12 heteroatoms. The van der Waals surface area contributed by atoms with Crippen LogP contribution in [-0.4, -0.2) is 33.7 Å². The van der Waals surface area contributed by atoms with Crippen LogP contribution in [0.4, 0.5) is 22.7 Å². The summed E-state index contributed by atoms with van der Waals surface area (Å²) in [7, 11) is 4.20. The van der Waals surface area contributed by atoms with E-state index in [2.05, 4.69) is 114 Å². The van der Waals surface area contributed by atoms with E-state index >= 15 is 0 Å². The molecule has 2 radical (unpaired) electrons. The molecule has 0 atom stereocenters. The largest absolute Gasteiger partial charge is 0.503 e. The molecule has 3 aliphatic rings. The normalized spacial score (nSPS) is 19.8. The summed E-state index contributed by atoms with van der Waals surface area (Å²) in [5.74, 6) is 4.25. The minimum Gasteiger partial charge on any atom is -0.503 e. The van der Waals surface area contributed by atoms with Crippen LogP contribution < -0.4 is 25.2 Å². The molecule has 6 aromatic carbocycles. The third-order valence-corrected chi connectivity index (χ3v) is 14.0. The fourth-order valence-electron chi connectivity index (χ4n) is 9.97. The summed E-state index contributed by atoms with van der Waals surface area (Å²) in [5, 5.41) is 8.04. The fourth-order valence-corrected chi connectivity index (χ4v) is 9.97. The first kappa shape index (κ1) is 44.3. The maximum Gasteiger partial charge on any atom is 0.213 e. The quantitative estimate of drug-likeness (QED) is 0.116. The number of aromatic nitrogens is 4. The van der Waals surface area contributed by atoms with Crippen molar-refractivity contribution in [1.29, 1.82) is 0 Å². The van der Waals surface area contributed by atoms with Gasteiger partial charge in [-0.1, -0.05) is 149 Å². The smallest absolute Gasteiger partial charge is 0.213 e. The average Bonchev–Trinajstić information content (AvgIpc) is 1.64. The third-order valence-electron chi connectivity index (χ3n) is 14.0. The van der Waals surface area contributed by atoms with E-state index in [4.69, 9.17) is 22.9 Å².